The maximum Gasteiger partial charge on any atom is 0.245 e. The second-order valence-electron chi connectivity index (χ2n) is 6.18. The molecule has 2 amide bonds. The summed E-state index contributed by atoms with van der Waals surface area (Å²) in [5, 5.41) is 3.25. The third kappa shape index (κ3) is 3.21. The normalized spacial score (nSPS) is 30.5. The van der Waals surface area contributed by atoms with Crippen molar-refractivity contribution in [2.75, 3.05) is 45.9 Å². The van der Waals surface area contributed by atoms with Gasteiger partial charge in [0.25, 0.3) is 0 Å². The minimum atomic E-state index is -0.238. The molecule has 0 aromatic rings. The lowest BCUT2D eigenvalue weighted by atomic mass is 10.00. The van der Waals surface area contributed by atoms with E-state index in [1.165, 1.54) is 0 Å². The van der Waals surface area contributed by atoms with Crippen LogP contribution in [0.2, 0.25) is 0 Å². The van der Waals surface area contributed by atoms with Gasteiger partial charge in [-0.3, -0.25) is 9.59 Å². The van der Waals surface area contributed by atoms with Gasteiger partial charge in [-0.05, 0) is 25.7 Å². The quantitative estimate of drug-likeness (QED) is 0.769. The highest BCUT2D eigenvalue weighted by Crippen LogP contribution is 2.25. The van der Waals surface area contributed by atoms with Crippen LogP contribution in [-0.2, 0) is 14.3 Å². The monoisotopic (exact) mass is 295 g/mol. The van der Waals surface area contributed by atoms with Crippen LogP contribution in [-0.4, -0.2) is 73.6 Å². The van der Waals surface area contributed by atoms with Gasteiger partial charge in [0.05, 0.1) is 12.5 Å². The Bertz CT molecular complexity index is 354. The number of ether oxygens (including phenoxy) is 1. The molecule has 0 saturated carbocycles. The number of nitrogens with zero attached hydrogens (tertiary/aromatic N) is 2. The average Bonchev–Trinajstić information content (AvgIpc) is 3.04. The molecule has 118 valence electrons. The van der Waals surface area contributed by atoms with E-state index in [4.69, 9.17) is 4.74 Å². The molecule has 1 N–H and O–H groups in total. The van der Waals surface area contributed by atoms with Gasteiger partial charge in [0.15, 0.2) is 0 Å². The molecule has 0 aromatic heterocycles. The molecule has 0 spiro atoms. The van der Waals surface area contributed by atoms with Gasteiger partial charge in [0.2, 0.25) is 11.8 Å². The molecule has 2 atom stereocenters. The van der Waals surface area contributed by atoms with E-state index in [1.807, 2.05) is 9.80 Å². The largest absolute Gasteiger partial charge is 0.381 e. The van der Waals surface area contributed by atoms with Crippen LogP contribution < -0.4 is 5.32 Å². The van der Waals surface area contributed by atoms with Gasteiger partial charge in [-0.1, -0.05) is 0 Å². The molecule has 3 fully saturated rings. The molecule has 0 aliphatic carbocycles. The van der Waals surface area contributed by atoms with E-state index in [0.717, 1.165) is 65.0 Å². The van der Waals surface area contributed by atoms with Crippen LogP contribution in [0, 0.1) is 5.92 Å². The van der Waals surface area contributed by atoms with Gasteiger partial charge in [0, 0.05) is 39.3 Å². The van der Waals surface area contributed by atoms with Crippen molar-refractivity contribution in [1.29, 1.82) is 0 Å². The van der Waals surface area contributed by atoms with E-state index in [0.29, 0.717) is 6.61 Å². The van der Waals surface area contributed by atoms with Gasteiger partial charge >= 0.3 is 0 Å². The summed E-state index contributed by atoms with van der Waals surface area (Å²) in [5.74, 6) is 0.218. The van der Waals surface area contributed by atoms with Crippen LogP contribution >= 0.6 is 0 Å². The highest BCUT2D eigenvalue weighted by atomic mass is 16.5. The van der Waals surface area contributed by atoms with E-state index >= 15 is 0 Å². The third-order valence-electron chi connectivity index (χ3n) is 4.76. The number of nitrogens with one attached hydrogen (secondary N) is 1. The summed E-state index contributed by atoms with van der Waals surface area (Å²) < 4.78 is 5.42. The topological polar surface area (TPSA) is 61.9 Å². The zero-order valence-electron chi connectivity index (χ0n) is 12.6. The SMILES string of the molecule is O=C(C1CCCN1C(=O)C1CCCOC1)N1CCNCC1. The molecule has 3 rings (SSSR count). The highest BCUT2D eigenvalue weighted by molar-refractivity contribution is 5.89. The Morgan fingerprint density at radius 1 is 1.00 bits per heavy atom. The number of hydrogen-bond acceptors (Lipinski definition) is 4. The fourth-order valence-corrected chi connectivity index (χ4v) is 3.55. The Hall–Kier alpha value is -1.14. The fourth-order valence-electron chi connectivity index (χ4n) is 3.55. The van der Waals surface area contributed by atoms with Crippen LogP contribution in [0.1, 0.15) is 25.7 Å². The van der Waals surface area contributed by atoms with E-state index in [9.17, 15) is 9.59 Å². The van der Waals surface area contributed by atoms with E-state index in [-0.39, 0.29) is 23.8 Å². The standard InChI is InChI=1S/C15H25N3O3/c19-14(12-3-2-10-21-11-12)18-7-1-4-13(18)15(20)17-8-5-16-6-9-17/h12-13,16H,1-11H2. The Labute approximate surface area is 125 Å². The zero-order valence-corrected chi connectivity index (χ0v) is 12.6. The van der Waals surface area contributed by atoms with E-state index in [1.54, 1.807) is 0 Å². The molecule has 2 unspecified atom stereocenters. The van der Waals surface area contributed by atoms with Crippen molar-refractivity contribution in [3.05, 3.63) is 0 Å². The molecule has 21 heavy (non-hydrogen) atoms. The minimum absolute atomic E-state index is 0.0461. The Morgan fingerprint density at radius 2 is 1.81 bits per heavy atom. The third-order valence-corrected chi connectivity index (χ3v) is 4.76. The summed E-state index contributed by atoms with van der Waals surface area (Å²) in [7, 11) is 0. The first kappa shape index (κ1) is 14.8. The molecule has 0 aromatic carbocycles. The molecule has 3 aliphatic heterocycles. The number of likely N-dealkylation sites (tertiary alicyclic amines) is 1. The van der Waals surface area contributed by atoms with E-state index < -0.39 is 0 Å². The van der Waals surface area contributed by atoms with Gasteiger partial charge in [-0.2, -0.15) is 0 Å². The van der Waals surface area contributed by atoms with Crippen LogP contribution in [0.15, 0.2) is 0 Å². The van der Waals surface area contributed by atoms with Crippen LogP contribution in [0.5, 0.6) is 0 Å². The maximum atomic E-state index is 12.7. The van der Waals surface area contributed by atoms with Crippen LogP contribution in [0.3, 0.4) is 0 Å². The minimum Gasteiger partial charge on any atom is -0.381 e. The lowest BCUT2D eigenvalue weighted by Gasteiger charge is -2.34. The fraction of sp³-hybridized carbons (Fsp3) is 0.867. The first-order valence-corrected chi connectivity index (χ1v) is 8.15. The lowest BCUT2D eigenvalue weighted by molar-refractivity contribution is -0.148. The van der Waals surface area contributed by atoms with Crippen molar-refractivity contribution >= 4 is 11.8 Å². The molecule has 3 heterocycles. The predicted molar refractivity (Wildman–Crippen MR) is 77.7 cm³/mol. The van der Waals surface area contributed by atoms with Crippen molar-refractivity contribution in [3.63, 3.8) is 0 Å². The van der Waals surface area contributed by atoms with Crippen LogP contribution in [0.4, 0.5) is 0 Å². The van der Waals surface area contributed by atoms with E-state index in [2.05, 4.69) is 5.32 Å². The molecular formula is C15H25N3O3. The van der Waals surface area contributed by atoms with Crippen molar-refractivity contribution in [2.45, 2.75) is 31.7 Å². The van der Waals surface area contributed by atoms with Gasteiger partial charge < -0.3 is 19.9 Å². The molecular weight excluding hydrogens is 270 g/mol. The first-order valence-electron chi connectivity index (χ1n) is 8.15. The predicted octanol–water partition coefficient (Wildman–Crippen LogP) is -0.164. The summed E-state index contributed by atoms with van der Waals surface area (Å²) in [5.41, 5.74) is 0. The summed E-state index contributed by atoms with van der Waals surface area (Å²) in [4.78, 5) is 29.1. The molecule has 6 nitrogen and oxygen atoms in total. The maximum absolute atomic E-state index is 12.7. The number of hydrogen-bond donors (Lipinski definition) is 1. The summed E-state index contributed by atoms with van der Waals surface area (Å²) in [6.45, 7) is 5.20. The van der Waals surface area contributed by atoms with Crippen molar-refractivity contribution in [2.24, 2.45) is 5.92 Å². The number of piperazine rings is 1. The van der Waals surface area contributed by atoms with Crippen molar-refractivity contribution in [1.82, 2.24) is 15.1 Å². The van der Waals surface area contributed by atoms with Crippen molar-refractivity contribution in [3.8, 4) is 0 Å². The number of amides is 2. The Kier molecular flexibility index (Phi) is 4.75. The number of rotatable bonds is 2. The molecule has 6 heteroatoms. The molecule has 3 aliphatic rings. The Morgan fingerprint density at radius 3 is 2.52 bits per heavy atom. The molecule has 3 saturated heterocycles. The van der Waals surface area contributed by atoms with Gasteiger partial charge in [-0.25, -0.2) is 0 Å². The van der Waals surface area contributed by atoms with Crippen molar-refractivity contribution < 1.29 is 14.3 Å². The lowest BCUT2D eigenvalue weighted by Crippen LogP contribution is -2.54. The van der Waals surface area contributed by atoms with Crippen LogP contribution in [0.25, 0.3) is 0 Å². The smallest absolute Gasteiger partial charge is 0.245 e. The molecule has 0 bridgehead atoms. The highest BCUT2D eigenvalue weighted by Gasteiger charge is 2.39. The second kappa shape index (κ2) is 6.75. The molecule has 0 radical (unpaired) electrons. The summed E-state index contributed by atoms with van der Waals surface area (Å²) >= 11 is 0. The summed E-state index contributed by atoms with van der Waals surface area (Å²) in [6.07, 6.45) is 3.58. The zero-order chi connectivity index (χ0) is 14.7. The average molecular weight is 295 g/mol. The first-order chi connectivity index (χ1) is 10.3. The number of carbonyl (C=O) groups excluding carboxylic acids is 2. The second-order valence-corrected chi connectivity index (χ2v) is 6.18. The summed E-state index contributed by atoms with van der Waals surface area (Å²) in [6, 6.07) is -0.238. The van der Waals surface area contributed by atoms with Gasteiger partial charge in [0.1, 0.15) is 6.04 Å². The van der Waals surface area contributed by atoms with Gasteiger partial charge in [-0.15, -0.1) is 0 Å². The number of carbonyl (C=O) groups is 2. The Balaban J connectivity index is 1.63.